The quantitative estimate of drug-likeness (QED) is 0.922. The summed E-state index contributed by atoms with van der Waals surface area (Å²) in [6, 6.07) is 4.79. The predicted molar refractivity (Wildman–Crippen MR) is 86.0 cm³/mol. The third kappa shape index (κ3) is 3.12. The molecule has 0 saturated heterocycles. The lowest BCUT2D eigenvalue weighted by Crippen LogP contribution is -2.34. The molecule has 1 unspecified atom stereocenters. The van der Waals surface area contributed by atoms with Gasteiger partial charge < -0.3 is 5.32 Å². The summed E-state index contributed by atoms with van der Waals surface area (Å²) in [6.07, 6.45) is 0. The lowest BCUT2D eigenvalue weighted by Gasteiger charge is -2.25. The van der Waals surface area contributed by atoms with Gasteiger partial charge in [0.05, 0.1) is 6.04 Å². The number of halogens is 1. The summed E-state index contributed by atoms with van der Waals surface area (Å²) in [5, 5.41) is 3.73. The van der Waals surface area contributed by atoms with Gasteiger partial charge >= 0.3 is 0 Å². The highest BCUT2D eigenvalue weighted by molar-refractivity contribution is 8.16. The number of benzene rings is 1. The fourth-order valence-electron chi connectivity index (χ4n) is 2.16. The van der Waals surface area contributed by atoms with E-state index in [1.807, 2.05) is 40.7 Å². The minimum Gasteiger partial charge on any atom is -0.358 e. The molecule has 2 atom stereocenters. The standard InChI is InChI=1S/C16H21FN2OS/c1-9(2)16(5)14(20)19-15(21-16)18-11(4)12-8-10(3)6-7-13(12)17/h6-9,11H,1-5H3,(H,18,19,20)/t11-,16?/m0/s1. The zero-order chi connectivity index (χ0) is 15.8. The van der Waals surface area contributed by atoms with E-state index in [1.54, 1.807) is 6.07 Å². The van der Waals surface area contributed by atoms with Crippen molar-refractivity contribution in [1.29, 1.82) is 0 Å². The van der Waals surface area contributed by atoms with Crippen molar-refractivity contribution in [3.63, 3.8) is 0 Å². The number of amides is 1. The summed E-state index contributed by atoms with van der Waals surface area (Å²) < 4.78 is 13.4. The molecule has 1 heterocycles. The van der Waals surface area contributed by atoms with Gasteiger partial charge in [-0.15, -0.1) is 0 Å². The Kier molecular flexibility index (Phi) is 4.42. The Morgan fingerprint density at radius 3 is 2.57 bits per heavy atom. The van der Waals surface area contributed by atoms with Crippen LogP contribution in [-0.2, 0) is 4.79 Å². The smallest absolute Gasteiger partial charge is 0.264 e. The average molecular weight is 308 g/mol. The molecule has 0 aromatic heterocycles. The molecule has 0 aliphatic carbocycles. The van der Waals surface area contributed by atoms with Gasteiger partial charge in [-0.05, 0) is 32.8 Å². The molecule has 0 spiro atoms. The van der Waals surface area contributed by atoms with Gasteiger partial charge in [-0.25, -0.2) is 4.39 Å². The molecule has 1 aromatic carbocycles. The van der Waals surface area contributed by atoms with E-state index < -0.39 is 4.75 Å². The molecular formula is C16H21FN2OS. The van der Waals surface area contributed by atoms with E-state index in [9.17, 15) is 9.18 Å². The number of amidine groups is 1. The van der Waals surface area contributed by atoms with Gasteiger partial charge in [-0.3, -0.25) is 4.79 Å². The van der Waals surface area contributed by atoms with Gasteiger partial charge in [-0.2, -0.15) is 4.99 Å². The largest absolute Gasteiger partial charge is 0.358 e. The van der Waals surface area contributed by atoms with Crippen LogP contribution in [0.2, 0.25) is 0 Å². The van der Waals surface area contributed by atoms with Crippen LogP contribution >= 0.6 is 11.8 Å². The van der Waals surface area contributed by atoms with E-state index in [1.165, 1.54) is 17.8 Å². The Bertz CT molecular complexity index is 600. The van der Waals surface area contributed by atoms with Crippen LogP contribution < -0.4 is 5.32 Å². The Morgan fingerprint density at radius 2 is 2.00 bits per heavy atom. The second kappa shape index (κ2) is 5.79. The lowest BCUT2D eigenvalue weighted by atomic mass is 9.96. The van der Waals surface area contributed by atoms with Gasteiger partial charge in [0.2, 0.25) is 0 Å². The van der Waals surface area contributed by atoms with Crippen LogP contribution in [0.4, 0.5) is 4.39 Å². The molecule has 1 aliphatic heterocycles. The van der Waals surface area contributed by atoms with Crippen LogP contribution in [-0.4, -0.2) is 15.8 Å². The predicted octanol–water partition coefficient (Wildman–Crippen LogP) is 3.83. The van der Waals surface area contributed by atoms with Crippen molar-refractivity contribution in [2.75, 3.05) is 0 Å². The highest BCUT2D eigenvalue weighted by Crippen LogP contribution is 2.39. The highest BCUT2D eigenvalue weighted by Gasteiger charge is 2.44. The molecule has 1 N–H and O–H groups in total. The number of hydrogen-bond donors (Lipinski definition) is 1. The van der Waals surface area contributed by atoms with E-state index in [4.69, 9.17) is 0 Å². The van der Waals surface area contributed by atoms with E-state index in [-0.39, 0.29) is 23.7 Å². The first-order valence-electron chi connectivity index (χ1n) is 7.08. The van der Waals surface area contributed by atoms with Crippen molar-refractivity contribution in [2.45, 2.75) is 45.4 Å². The third-order valence-electron chi connectivity index (χ3n) is 4.00. The maximum absolute atomic E-state index is 13.9. The number of carbonyl (C=O) groups excluding carboxylic acids is 1. The molecule has 114 valence electrons. The fraction of sp³-hybridized carbons (Fsp3) is 0.500. The maximum Gasteiger partial charge on any atom is 0.264 e. The number of rotatable bonds is 3. The molecule has 5 heteroatoms. The van der Waals surface area contributed by atoms with Crippen molar-refractivity contribution >= 4 is 22.8 Å². The molecule has 0 fully saturated rings. The molecule has 2 rings (SSSR count). The number of hydrogen-bond acceptors (Lipinski definition) is 3. The topological polar surface area (TPSA) is 41.5 Å². The summed E-state index contributed by atoms with van der Waals surface area (Å²) >= 11 is 1.43. The zero-order valence-electron chi connectivity index (χ0n) is 13.0. The summed E-state index contributed by atoms with van der Waals surface area (Å²) in [4.78, 5) is 16.2. The molecule has 0 bridgehead atoms. The molecule has 0 radical (unpaired) electrons. The molecule has 1 amide bonds. The van der Waals surface area contributed by atoms with Crippen molar-refractivity contribution in [2.24, 2.45) is 10.9 Å². The zero-order valence-corrected chi connectivity index (χ0v) is 13.8. The van der Waals surface area contributed by atoms with Crippen LogP contribution in [0.1, 0.15) is 44.9 Å². The molecular weight excluding hydrogens is 287 g/mol. The number of thioether (sulfide) groups is 1. The Hall–Kier alpha value is -1.36. The normalized spacial score (nSPS) is 23.4. The maximum atomic E-state index is 13.9. The van der Waals surface area contributed by atoms with Crippen LogP contribution in [0, 0.1) is 18.7 Å². The van der Waals surface area contributed by atoms with Crippen LogP contribution in [0.25, 0.3) is 0 Å². The lowest BCUT2D eigenvalue weighted by molar-refractivity contribution is -0.120. The minimum atomic E-state index is -0.535. The summed E-state index contributed by atoms with van der Waals surface area (Å²) in [5.74, 6) is -0.187. The van der Waals surface area contributed by atoms with Gasteiger partial charge in [-0.1, -0.05) is 43.3 Å². The number of nitrogens with zero attached hydrogens (tertiary/aromatic N) is 1. The highest BCUT2D eigenvalue weighted by atomic mass is 32.2. The molecule has 0 saturated carbocycles. The average Bonchev–Trinajstić information content (AvgIpc) is 2.68. The Balaban J connectivity index is 2.15. The molecule has 1 aliphatic rings. The van der Waals surface area contributed by atoms with Gasteiger partial charge in [0.1, 0.15) is 10.6 Å². The summed E-state index contributed by atoms with van der Waals surface area (Å²) in [5.41, 5.74) is 1.59. The summed E-state index contributed by atoms with van der Waals surface area (Å²) in [7, 11) is 0. The van der Waals surface area contributed by atoms with Crippen molar-refractivity contribution in [3.8, 4) is 0 Å². The van der Waals surface area contributed by atoms with Crippen molar-refractivity contribution in [3.05, 3.63) is 35.1 Å². The summed E-state index contributed by atoms with van der Waals surface area (Å²) in [6.45, 7) is 9.72. The first kappa shape index (κ1) is 16.0. The van der Waals surface area contributed by atoms with E-state index in [0.29, 0.717) is 10.7 Å². The molecule has 1 aromatic rings. The number of nitrogens with one attached hydrogen (secondary N) is 1. The van der Waals surface area contributed by atoms with Crippen LogP contribution in [0.15, 0.2) is 23.2 Å². The number of aliphatic imine (C=N–C) groups is 1. The first-order valence-corrected chi connectivity index (χ1v) is 7.90. The first-order chi connectivity index (χ1) is 9.74. The number of aryl methyl sites for hydroxylation is 1. The van der Waals surface area contributed by atoms with E-state index in [0.717, 1.165) is 5.56 Å². The molecule has 21 heavy (non-hydrogen) atoms. The second-order valence-corrected chi connectivity index (χ2v) is 7.42. The van der Waals surface area contributed by atoms with Gasteiger partial charge in [0.25, 0.3) is 5.91 Å². The van der Waals surface area contributed by atoms with Gasteiger partial charge in [0, 0.05) is 5.56 Å². The minimum absolute atomic E-state index is 0.123. The van der Waals surface area contributed by atoms with Crippen LogP contribution in [0.5, 0.6) is 0 Å². The van der Waals surface area contributed by atoms with E-state index >= 15 is 0 Å². The second-order valence-electron chi connectivity index (χ2n) is 5.98. The fourth-order valence-corrected chi connectivity index (χ4v) is 3.29. The number of carbonyl (C=O) groups is 1. The SMILES string of the molecule is Cc1ccc(F)c([C@H](C)NC2=NC(=O)C(C)(C(C)C)S2)c1. The van der Waals surface area contributed by atoms with Crippen LogP contribution in [0.3, 0.4) is 0 Å². The third-order valence-corrected chi connectivity index (χ3v) is 5.47. The van der Waals surface area contributed by atoms with Gasteiger partial charge in [0.15, 0.2) is 5.17 Å². The van der Waals surface area contributed by atoms with E-state index in [2.05, 4.69) is 10.3 Å². The van der Waals surface area contributed by atoms with Crippen molar-refractivity contribution < 1.29 is 9.18 Å². The molecule has 3 nitrogen and oxygen atoms in total. The Labute approximate surface area is 129 Å². The van der Waals surface area contributed by atoms with Crippen molar-refractivity contribution in [1.82, 2.24) is 5.32 Å². The Morgan fingerprint density at radius 1 is 1.33 bits per heavy atom. The monoisotopic (exact) mass is 308 g/mol.